The first-order chi connectivity index (χ1) is 12.9. The number of rotatable bonds is 5. The predicted octanol–water partition coefficient (Wildman–Crippen LogP) is 4.85. The molecule has 0 unspecified atom stereocenters. The highest BCUT2D eigenvalue weighted by molar-refractivity contribution is 5.88. The summed E-state index contributed by atoms with van der Waals surface area (Å²) in [5.74, 6) is 0.351. The van der Waals surface area contributed by atoms with Crippen molar-refractivity contribution in [2.75, 3.05) is 0 Å². The number of amides is 1. The minimum atomic E-state index is -4.40. The molecule has 0 aliphatic carbocycles. The Labute approximate surface area is 153 Å². The second-order valence-corrected chi connectivity index (χ2v) is 5.70. The number of halogens is 3. The van der Waals surface area contributed by atoms with Gasteiger partial charge in [-0.3, -0.25) is 9.78 Å². The Bertz CT molecular complexity index is 983. The van der Waals surface area contributed by atoms with Crippen LogP contribution in [0.2, 0.25) is 0 Å². The Hall–Kier alpha value is -3.35. The van der Waals surface area contributed by atoms with E-state index in [0.29, 0.717) is 11.3 Å². The summed E-state index contributed by atoms with van der Waals surface area (Å²) in [7, 11) is 0. The molecule has 2 aromatic carbocycles. The maximum Gasteiger partial charge on any atom is 0.416 e. The molecule has 0 aliphatic rings. The summed E-state index contributed by atoms with van der Waals surface area (Å²) in [5, 5.41) is 3.53. The van der Waals surface area contributed by atoms with Crippen molar-refractivity contribution < 1.29 is 22.7 Å². The van der Waals surface area contributed by atoms with Crippen LogP contribution in [0.4, 0.5) is 13.2 Å². The van der Waals surface area contributed by atoms with Crippen LogP contribution in [-0.4, -0.2) is 10.9 Å². The van der Waals surface area contributed by atoms with Gasteiger partial charge in [0.2, 0.25) is 5.91 Å². The third-order valence-electron chi connectivity index (χ3n) is 3.84. The fourth-order valence-corrected chi connectivity index (χ4v) is 2.54. The van der Waals surface area contributed by atoms with Crippen LogP contribution >= 0.6 is 0 Å². The van der Waals surface area contributed by atoms with Gasteiger partial charge in [-0.25, -0.2) is 0 Å². The third kappa shape index (κ3) is 4.44. The first-order valence-electron chi connectivity index (χ1n) is 8.00. The zero-order valence-electron chi connectivity index (χ0n) is 14.1. The molecular formula is C20H15F3N2O2. The van der Waals surface area contributed by atoms with Gasteiger partial charge in [0.1, 0.15) is 11.5 Å². The monoisotopic (exact) mass is 372 g/mol. The summed E-state index contributed by atoms with van der Waals surface area (Å²) >= 11 is 0. The lowest BCUT2D eigenvalue weighted by Crippen LogP contribution is -2.20. The van der Waals surface area contributed by atoms with Crippen molar-refractivity contribution in [1.82, 2.24) is 10.3 Å². The SMILES string of the molecule is C=CC(=O)NCc1cc(Oc2ccc(C(F)(F)F)cc2)cc2ncccc12. The Balaban J connectivity index is 1.90. The van der Waals surface area contributed by atoms with E-state index in [-0.39, 0.29) is 18.2 Å². The molecular weight excluding hydrogens is 357 g/mol. The summed E-state index contributed by atoms with van der Waals surface area (Å²) in [4.78, 5) is 15.7. The molecule has 4 nitrogen and oxygen atoms in total. The molecule has 1 heterocycles. The van der Waals surface area contributed by atoms with Crippen molar-refractivity contribution in [3.8, 4) is 11.5 Å². The maximum absolute atomic E-state index is 12.7. The van der Waals surface area contributed by atoms with Crippen molar-refractivity contribution >= 4 is 16.8 Å². The van der Waals surface area contributed by atoms with Crippen LogP contribution in [0.25, 0.3) is 10.9 Å². The summed E-state index contributed by atoms with van der Waals surface area (Å²) in [6.07, 6.45) is -1.61. The minimum absolute atomic E-state index is 0.233. The summed E-state index contributed by atoms with van der Waals surface area (Å²) in [6.45, 7) is 3.64. The van der Waals surface area contributed by atoms with E-state index >= 15 is 0 Å². The van der Waals surface area contributed by atoms with Crippen LogP contribution in [-0.2, 0) is 17.5 Å². The Morgan fingerprint density at radius 1 is 1.15 bits per heavy atom. The molecule has 7 heteroatoms. The first-order valence-corrected chi connectivity index (χ1v) is 8.00. The van der Waals surface area contributed by atoms with Crippen LogP contribution in [0.5, 0.6) is 11.5 Å². The highest BCUT2D eigenvalue weighted by atomic mass is 19.4. The van der Waals surface area contributed by atoms with Crippen LogP contribution in [0, 0.1) is 0 Å². The number of nitrogens with one attached hydrogen (secondary N) is 1. The van der Waals surface area contributed by atoms with Gasteiger partial charge in [0, 0.05) is 24.2 Å². The van der Waals surface area contributed by atoms with Gasteiger partial charge in [0.05, 0.1) is 11.1 Å². The van der Waals surface area contributed by atoms with Crippen molar-refractivity contribution in [3.05, 3.63) is 78.5 Å². The lowest BCUT2D eigenvalue weighted by Gasteiger charge is -2.12. The van der Waals surface area contributed by atoms with Gasteiger partial charge in [-0.15, -0.1) is 0 Å². The molecule has 1 aromatic heterocycles. The Morgan fingerprint density at radius 3 is 2.56 bits per heavy atom. The van der Waals surface area contributed by atoms with Crippen molar-refractivity contribution in [2.45, 2.75) is 12.7 Å². The van der Waals surface area contributed by atoms with E-state index in [2.05, 4.69) is 16.9 Å². The van der Waals surface area contributed by atoms with Gasteiger partial charge in [-0.1, -0.05) is 12.6 Å². The number of carbonyl (C=O) groups excluding carboxylic acids is 1. The quantitative estimate of drug-likeness (QED) is 0.652. The molecule has 1 N–H and O–H groups in total. The maximum atomic E-state index is 12.7. The fraction of sp³-hybridized carbons (Fsp3) is 0.100. The van der Waals surface area contributed by atoms with Gasteiger partial charge < -0.3 is 10.1 Å². The smallest absolute Gasteiger partial charge is 0.416 e. The molecule has 0 atom stereocenters. The summed E-state index contributed by atoms with van der Waals surface area (Å²) in [5.41, 5.74) is 0.658. The highest BCUT2D eigenvalue weighted by Gasteiger charge is 2.30. The lowest BCUT2D eigenvalue weighted by molar-refractivity contribution is -0.137. The molecule has 0 spiro atoms. The van der Waals surface area contributed by atoms with E-state index in [0.717, 1.165) is 23.1 Å². The van der Waals surface area contributed by atoms with Crippen LogP contribution in [0.3, 0.4) is 0 Å². The number of aromatic nitrogens is 1. The van der Waals surface area contributed by atoms with E-state index in [1.165, 1.54) is 18.2 Å². The molecule has 0 fully saturated rings. The van der Waals surface area contributed by atoms with E-state index in [9.17, 15) is 18.0 Å². The number of hydrogen-bond acceptors (Lipinski definition) is 3. The number of pyridine rings is 1. The number of alkyl halides is 3. The fourth-order valence-electron chi connectivity index (χ4n) is 2.54. The molecule has 3 rings (SSSR count). The van der Waals surface area contributed by atoms with Crippen LogP contribution < -0.4 is 10.1 Å². The van der Waals surface area contributed by atoms with Gasteiger partial charge in [-0.05, 0) is 48.0 Å². The number of nitrogens with zero attached hydrogens (tertiary/aromatic N) is 1. The van der Waals surface area contributed by atoms with Crippen LogP contribution in [0.1, 0.15) is 11.1 Å². The second-order valence-electron chi connectivity index (χ2n) is 5.70. The van der Waals surface area contributed by atoms with Crippen molar-refractivity contribution in [1.29, 1.82) is 0 Å². The Morgan fingerprint density at radius 2 is 1.89 bits per heavy atom. The highest BCUT2D eigenvalue weighted by Crippen LogP contribution is 2.32. The van der Waals surface area contributed by atoms with E-state index < -0.39 is 11.7 Å². The molecule has 3 aromatic rings. The summed E-state index contributed by atoms with van der Waals surface area (Å²) in [6, 6.07) is 11.5. The normalized spacial score (nSPS) is 11.2. The zero-order chi connectivity index (χ0) is 19.4. The van der Waals surface area contributed by atoms with Gasteiger partial charge >= 0.3 is 6.18 Å². The molecule has 0 saturated carbocycles. The molecule has 138 valence electrons. The van der Waals surface area contributed by atoms with Gasteiger partial charge in [-0.2, -0.15) is 13.2 Å². The Kier molecular flexibility index (Phi) is 5.12. The predicted molar refractivity (Wildman–Crippen MR) is 95.3 cm³/mol. The average Bonchev–Trinajstić information content (AvgIpc) is 2.65. The number of ether oxygens (including phenoxy) is 1. The first kappa shape index (κ1) is 18.4. The van der Waals surface area contributed by atoms with Gasteiger partial charge in [0.25, 0.3) is 0 Å². The largest absolute Gasteiger partial charge is 0.457 e. The van der Waals surface area contributed by atoms with E-state index in [1.54, 1.807) is 24.4 Å². The van der Waals surface area contributed by atoms with Crippen LogP contribution in [0.15, 0.2) is 67.4 Å². The third-order valence-corrected chi connectivity index (χ3v) is 3.84. The number of hydrogen-bond donors (Lipinski definition) is 1. The summed E-state index contributed by atoms with van der Waals surface area (Å²) < 4.78 is 43.7. The molecule has 0 saturated heterocycles. The van der Waals surface area contributed by atoms with Crippen molar-refractivity contribution in [3.63, 3.8) is 0 Å². The van der Waals surface area contributed by atoms with Gasteiger partial charge in [0.15, 0.2) is 0 Å². The van der Waals surface area contributed by atoms with Crippen molar-refractivity contribution in [2.24, 2.45) is 0 Å². The molecule has 27 heavy (non-hydrogen) atoms. The number of benzene rings is 2. The lowest BCUT2D eigenvalue weighted by atomic mass is 10.1. The topological polar surface area (TPSA) is 51.2 Å². The zero-order valence-corrected chi connectivity index (χ0v) is 14.1. The number of carbonyl (C=O) groups is 1. The molecule has 0 aliphatic heterocycles. The standard InChI is InChI=1S/C20H15F3N2O2/c1-2-19(26)25-12-13-10-16(11-18-17(13)4-3-9-24-18)27-15-7-5-14(6-8-15)20(21,22)23/h2-11H,1,12H2,(H,25,26). The van der Waals surface area contributed by atoms with E-state index in [1.807, 2.05) is 6.07 Å². The molecule has 0 radical (unpaired) electrons. The molecule has 1 amide bonds. The number of fused-ring (bicyclic) bond motifs is 1. The molecule has 0 bridgehead atoms. The minimum Gasteiger partial charge on any atom is -0.457 e. The average molecular weight is 372 g/mol. The van der Waals surface area contributed by atoms with E-state index in [4.69, 9.17) is 4.74 Å². The second kappa shape index (κ2) is 7.49.